The molecule has 0 aliphatic heterocycles. The van der Waals surface area contributed by atoms with Crippen molar-refractivity contribution in [2.75, 3.05) is 0 Å². The zero-order valence-electron chi connectivity index (χ0n) is 8.60. The standard InChI is InChI=1S/C10H10N2O4/c1-2-9(13)11-10(14)7-4-3-5-8(6-7)12(15)16/h3-6H,2H2,1H3,(H,11,13,14). The number of carbonyl (C=O) groups excluding carboxylic acids is 2. The molecule has 0 unspecified atom stereocenters. The second-order valence-corrected chi connectivity index (χ2v) is 3.04. The number of imide groups is 1. The summed E-state index contributed by atoms with van der Waals surface area (Å²) in [4.78, 5) is 32.2. The number of nitrogens with zero attached hydrogens (tertiary/aromatic N) is 1. The van der Waals surface area contributed by atoms with Crippen LogP contribution in [-0.4, -0.2) is 16.7 Å². The Morgan fingerprint density at radius 2 is 2.12 bits per heavy atom. The number of nitro groups is 1. The molecule has 0 heterocycles. The molecule has 0 spiro atoms. The smallest absolute Gasteiger partial charge is 0.270 e. The number of amides is 2. The molecule has 0 aliphatic rings. The summed E-state index contributed by atoms with van der Waals surface area (Å²) in [6.45, 7) is 1.61. The Hall–Kier alpha value is -2.24. The molecule has 1 aromatic rings. The van der Waals surface area contributed by atoms with Gasteiger partial charge in [-0.1, -0.05) is 13.0 Å². The van der Waals surface area contributed by atoms with Crippen molar-refractivity contribution < 1.29 is 14.5 Å². The number of nitrogens with one attached hydrogen (secondary N) is 1. The molecule has 0 radical (unpaired) electrons. The quantitative estimate of drug-likeness (QED) is 0.615. The van der Waals surface area contributed by atoms with Crippen LogP contribution in [0.4, 0.5) is 5.69 Å². The predicted molar refractivity (Wildman–Crippen MR) is 55.9 cm³/mol. The first-order valence-corrected chi connectivity index (χ1v) is 4.63. The minimum absolute atomic E-state index is 0.0935. The van der Waals surface area contributed by atoms with E-state index >= 15 is 0 Å². The molecule has 1 aromatic carbocycles. The van der Waals surface area contributed by atoms with Crippen molar-refractivity contribution in [2.24, 2.45) is 0 Å². The van der Waals surface area contributed by atoms with E-state index in [1.54, 1.807) is 6.92 Å². The summed E-state index contributed by atoms with van der Waals surface area (Å²) in [5.74, 6) is -1.05. The Morgan fingerprint density at radius 1 is 1.44 bits per heavy atom. The van der Waals surface area contributed by atoms with E-state index in [1.807, 2.05) is 0 Å². The van der Waals surface area contributed by atoms with Gasteiger partial charge >= 0.3 is 0 Å². The third-order valence-corrected chi connectivity index (χ3v) is 1.89. The van der Waals surface area contributed by atoms with Crippen LogP contribution in [0.1, 0.15) is 23.7 Å². The van der Waals surface area contributed by atoms with Gasteiger partial charge < -0.3 is 0 Å². The summed E-state index contributed by atoms with van der Waals surface area (Å²) in [5.41, 5.74) is -0.0902. The molecular weight excluding hydrogens is 212 g/mol. The molecule has 6 nitrogen and oxygen atoms in total. The molecule has 1 rings (SSSR count). The number of non-ortho nitro benzene ring substituents is 1. The van der Waals surface area contributed by atoms with Gasteiger partial charge in [0.05, 0.1) is 4.92 Å². The van der Waals surface area contributed by atoms with Crippen molar-refractivity contribution in [3.8, 4) is 0 Å². The molecule has 0 aliphatic carbocycles. The average molecular weight is 222 g/mol. The van der Waals surface area contributed by atoms with Crippen molar-refractivity contribution in [1.29, 1.82) is 0 Å². The minimum Gasteiger partial charge on any atom is -0.292 e. The molecule has 6 heteroatoms. The second kappa shape index (κ2) is 5.01. The van der Waals surface area contributed by atoms with Crippen molar-refractivity contribution in [1.82, 2.24) is 5.32 Å². The molecule has 16 heavy (non-hydrogen) atoms. The third kappa shape index (κ3) is 2.88. The van der Waals surface area contributed by atoms with Gasteiger partial charge in [0.2, 0.25) is 5.91 Å². The van der Waals surface area contributed by atoms with E-state index in [-0.39, 0.29) is 17.7 Å². The molecule has 0 fully saturated rings. The highest BCUT2D eigenvalue weighted by atomic mass is 16.6. The Labute approximate surface area is 91.4 Å². The molecule has 0 saturated heterocycles. The summed E-state index contributed by atoms with van der Waals surface area (Å²) >= 11 is 0. The van der Waals surface area contributed by atoms with Crippen LogP contribution in [0, 0.1) is 10.1 Å². The van der Waals surface area contributed by atoms with Crippen LogP contribution in [0.15, 0.2) is 24.3 Å². The zero-order chi connectivity index (χ0) is 12.1. The number of hydrogen-bond donors (Lipinski definition) is 1. The maximum Gasteiger partial charge on any atom is 0.270 e. The van der Waals surface area contributed by atoms with Crippen LogP contribution in [0.5, 0.6) is 0 Å². The molecule has 0 bridgehead atoms. The van der Waals surface area contributed by atoms with Crippen molar-refractivity contribution >= 4 is 17.5 Å². The van der Waals surface area contributed by atoms with Crippen LogP contribution in [0.2, 0.25) is 0 Å². The summed E-state index contributed by atoms with van der Waals surface area (Å²) < 4.78 is 0. The van der Waals surface area contributed by atoms with E-state index in [9.17, 15) is 19.7 Å². The van der Waals surface area contributed by atoms with Crippen molar-refractivity contribution in [2.45, 2.75) is 13.3 Å². The van der Waals surface area contributed by atoms with E-state index in [1.165, 1.54) is 18.2 Å². The molecule has 1 N–H and O–H groups in total. The van der Waals surface area contributed by atoms with Crippen LogP contribution in [0.3, 0.4) is 0 Å². The SMILES string of the molecule is CCC(=O)NC(=O)c1cccc([N+](=O)[O-])c1. The topological polar surface area (TPSA) is 89.3 Å². The maximum absolute atomic E-state index is 11.4. The van der Waals surface area contributed by atoms with Crippen molar-refractivity contribution in [3.63, 3.8) is 0 Å². The van der Waals surface area contributed by atoms with Gasteiger partial charge in [-0.05, 0) is 6.07 Å². The van der Waals surface area contributed by atoms with E-state index in [4.69, 9.17) is 0 Å². The lowest BCUT2D eigenvalue weighted by molar-refractivity contribution is -0.384. The van der Waals surface area contributed by atoms with Crippen LogP contribution >= 0.6 is 0 Å². The highest BCUT2D eigenvalue weighted by Gasteiger charge is 2.12. The average Bonchev–Trinajstić information content (AvgIpc) is 2.28. The minimum atomic E-state index is -0.629. The lowest BCUT2D eigenvalue weighted by atomic mass is 10.2. The molecular formula is C10H10N2O4. The molecule has 0 atom stereocenters. The Kier molecular flexibility index (Phi) is 3.71. The molecule has 0 saturated carbocycles. The van der Waals surface area contributed by atoms with Gasteiger partial charge in [0.1, 0.15) is 0 Å². The summed E-state index contributed by atoms with van der Waals surface area (Å²) in [5, 5.41) is 12.6. The molecule has 2 amide bonds. The first-order valence-electron chi connectivity index (χ1n) is 4.63. The highest BCUT2D eigenvalue weighted by molar-refractivity contribution is 6.04. The van der Waals surface area contributed by atoms with E-state index in [2.05, 4.69) is 5.32 Å². The van der Waals surface area contributed by atoms with Gasteiger partial charge in [-0.2, -0.15) is 0 Å². The first kappa shape index (κ1) is 11.8. The first-order chi connectivity index (χ1) is 7.54. The van der Waals surface area contributed by atoms with Gasteiger partial charge in [-0.3, -0.25) is 25.0 Å². The summed E-state index contributed by atoms with van der Waals surface area (Å²) in [7, 11) is 0. The van der Waals surface area contributed by atoms with Gasteiger partial charge in [-0.15, -0.1) is 0 Å². The summed E-state index contributed by atoms with van der Waals surface area (Å²) in [6, 6.07) is 5.20. The fourth-order valence-corrected chi connectivity index (χ4v) is 1.05. The Morgan fingerprint density at radius 3 is 2.69 bits per heavy atom. The predicted octanol–water partition coefficient (Wildman–Crippen LogP) is 1.26. The number of hydrogen-bond acceptors (Lipinski definition) is 4. The van der Waals surface area contributed by atoms with Gasteiger partial charge in [0, 0.05) is 24.1 Å². The number of rotatable bonds is 3. The van der Waals surface area contributed by atoms with E-state index in [0.29, 0.717) is 0 Å². The van der Waals surface area contributed by atoms with Crippen molar-refractivity contribution in [3.05, 3.63) is 39.9 Å². The fraction of sp³-hybridized carbons (Fsp3) is 0.200. The highest BCUT2D eigenvalue weighted by Crippen LogP contribution is 2.12. The Bertz CT molecular complexity index is 442. The normalized spacial score (nSPS) is 9.56. The number of benzene rings is 1. The maximum atomic E-state index is 11.4. The van der Waals surface area contributed by atoms with Crippen LogP contribution in [-0.2, 0) is 4.79 Å². The van der Waals surface area contributed by atoms with Crippen LogP contribution < -0.4 is 5.32 Å². The zero-order valence-corrected chi connectivity index (χ0v) is 8.60. The fourth-order valence-electron chi connectivity index (χ4n) is 1.05. The lowest BCUT2D eigenvalue weighted by Crippen LogP contribution is -2.29. The van der Waals surface area contributed by atoms with Crippen LogP contribution in [0.25, 0.3) is 0 Å². The monoisotopic (exact) mass is 222 g/mol. The third-order valence-electron chi connectivity index (χ3n) is 1.89. The summed E-state index contributed by atoms with van der Waals surface area (Å²) in [6.07, 6.45) is 0.181. The van der Waals surface area contributed by atoms with Gasteiger partial charge in [-0.25, -0.2) is 0 Å². The second-order valence-electron chi connectivity index (χ2n) is 3.04. The molecule has 0 aromatic heterocycles. The molecule has 84 valence electrons. The van der Waals surface area contributed by atoms with Gasteiger partial charge in [0.25, 0.3) is 11.6 Å². The Balaban J connectivity index is 2.88. The van der Waals surface area contributed by atoms with E-state index in [0.717, 1.165) is 6.07 Å². The number of carbonyl (C=O) groups is 2. The van der Waals surface area contributed by atoms with E-state index < -0.39 is 16.7 Å². The largest absolute Gasteiger partial charge is 0.292 e. The lowest BCUT2D eigenvalue weighted by Gasteiger charge is -2.01. The van der Waals surface area contributed by atoms with Gasteiger partial charge in [0.15, 0.2) is 0 Å². The number of nitro benzene ring substituents is 1.